The molecular formula is C11H20N2O5S. The molecule has 19 heavy (non-hydrogen) atoms. The van der Waals surface area contributed by atoms with Crippen LogP contribution in [-0.4, -0.2) is 28.6 Å². The monoisotopic (exact) mass is 292 g/mol. The van der Waals surface area contributed by atoms with Crippen molar-refractivity contribution in [2.45, 2.75) is 52.7 Å². The Morgan fingerprint density at radius 2 is 1.37 bits per heavy atom. The molecule has 0 heterocycles. The van der Waals surface area contributed by atoms with Crippen LogP contribution in [0.25, 0.3) is 0 Å². The lowest BCUT2D eigenvalue weighted by atomic mass is 10.2. The molecule has 0 atom stereocenters. The average Bonchev–Trinajstić information content (AvgIpc) is 2.08. The van der Waals surface area contributed by atoms with Gasteiger partial charge in [-0.15, -0.1) is 0 Å². The zero-order chi connectivity index (χ0) is 15.3. The highest BCUT2D eigenvalue weighted by molar-refractivity contribution is 8.12. The van der Waals surface area contributed by atoms with E-state index >= 15 is 0 Å². The van der Waals surface area contributed by atoms with Crippen molar-refractivity contribution in [1.29, 1.82) is 0 Å². The van der Waals surface area contributed by atoms with Gasteiger partial charge in [0.25, 0.3) is 0 Å². The van der Waals surface area contributed by atoms with Crippen LogP contribution in [0.3, 0.4) is 0 Å². The van der Waals surface area contributed by atoms with Gasteiger partial charge < -0.3 is 9.47 Å². The molecule has 0 aliphatic rings. The van der Waals surface area contributed by atoms with Crippen molar-refractivity contribution < 1.29 is 23.9 Å². The van der Waals surface area contributed by atoms with Crippen LogP contribution in [-0.2, 0) is 9.47 Å². The van der Waals surface area contributed by atoms with E-state index < -0.39 is 28.6 Å². The quantitative estimate of drug-likeness (QED) is 0.526. The van der Waals surface area contributed by atoms with Crippen LogP contribution in [0, 0.1) is 0 Å². The van der Waals surface area contributed by atoms with Gasteiger partial charge >= 0.3 is 17.4 Å². The summed E-state index contributed by atoms with van der Waals surface area (Å²) in [5, 5.41) is 1.24. The Morgan fingerprint density at radius 3 is 1.79 bits per heavy atom. The van der Waals surface area contributed by atoms with E-state index in [-0.39, 0.29) is 0 Å². The number of amides is 3. The lowest BCUT2D eigenvalue weighted by molar-refractivity contribution is 0.0547. The number of imide groups is 1. The van der Waals surface area contributed by atoms with Crippen molar-refractivity contribution in [3.05, 3.63) is 0 Å². The van der Waals surface area contributed by atoms with E-state index in [0.717, 1.165) is 0 Å². The Labute approximate surface area is 116 Å². The van der Waals surface area contributed by atoms with Crippen LogP contribution in [0.2, 0.25) is 0 Å². The van der Waals surface area contributed by atoms with Crippen molar-refractivity contribution in [2.24, 2.45) is 0 Å². The van der Waals surface area contributed by atoms with Crippen molar-refractivity contribution >= 4 is 29.4 Å². The minimum atomic E-state index is -0.894. The summed E-state index contributed by atoms with van der Waals surface area (Å²) in [5.74, 6) is 0. The number of hydrogen-bond donors (Lipinski definition) is 2. The standard InChI is InChI=1S/C11H20N2O5S/c1-10(2,3)17-8(15)12-7(14)13-19-9(16)18-11(4,5)6/h1-6H3,(H2,12,13,14,15). The lowest BCUT2D eigenvalue weighted by Crippen LogP contribution is -2.40. The van der Waals surface area contributed by atoms with Gasteiger partial charge in [0.05, 0.1) is 11.9 Å². The van der Waals surface area contributed by atoms with Crippen molar-refractivity contribution in [1.82, 2.24) is 10.0 Å². The first-order valence-corrected chi connectivity index (χ1v) is 6.40. The second-order valence-corrected chi connectivity index (χ2v) is 6.37. The summed E-state index contributed by atoms with van der Waals surface area (Å²) in [6, 6.07) is -0.856. The summed E-state index contributed by atoms with van der Waals surface area (Å²) < 4.78 is 11.9. The van der Waals surface area contributed by atoms with Crippen molar-refractivity contribution in [2.75, 3.05) is 0 Å². The second kappa shape index (κ2) is 6.65. The predicted molar refractivity (Wildman–Crippen MR) is 71.7 cm³/mol. The molecule has 0 saturated heterocycles. The smallest absolute Gasteiger partial charge is 0.415 e. The maximum absolute atomic E-state index is 11.3. The Kier molecular flexibility index (Phi) is 6.14. The third-order valence-corrected chi connectivity index (χ3v) is 1.77. The Hall–Kier alpha value is -1.44. The van der Waals surface area contributed by atoms with E-state index in [4.69, 9.17) is 9.47 Å². The van der Waals surface area contributed by atoms with Gasteiger partial charge in [-0.05, 0) is 41.5 Å². The number of urea groups is 1. The topological polar surface area (TPSA) is 93.7 Å². The third-order valence-electron chi connectivity index (χ3n) is 1.23. The first-order chi connectivity index (χ1) is 8.39. The third kappa shape index (κ3) is 11.4. The summed E-state index contributed by atoms with van der Waals surface area (Å²) in [6.45, 7) is 10.1. The lowest BCUT2D eigenvalue weighted by Gasteiger charge is -2.20. The molecule has 2 N–H and O–H groups in total. The van der Waals surface area contributed by atoms with Gasteiger partial charge in [0, 0.05) is 0 Å². The second-order valence-electron chi connectivity index (χ2n) is 5.62. The molecule has 0 spiro atoms. The van der Waals surface area contributed by atoms with Crippen LogP contribution in [0.5, 0.6) is 0 Å². The molecule has 0 unspecified atom stereocenters. The van der Waals surface area contributed by atoms with Gasteiger partial charge in [-0.1, -0.05) is 0 Å². The zero-order valence-corrected chi connectivity index (χ0v) is 12.8. The number of ether oxygens (including phenoxy) is 2. The molecule has 0 aliphatic heterocycles. The summed E-state index contributed by atoms with van der Waals surface area (Å²) >= 11 is 0.440. The van der Waals surface area contributed by atoms with Crippen molar-refractivity contribution in [3.8, 4) is 0 Å². The minimum Gasteiger partial charge on any atom is -0.451 e. The molecule has 0 saturated carbocycles. The molecule has 7 nitrogen and oxygen atoms in total. The van der Waals surface area contributed by atoms with E-state index in [1.165, 1.54) is 0 Å². The maximum atomic E-state index is 11.3. The molecule has 0 aromatic rings. The zero-order valence-electron chi connectivity index (χ0n) is 11.9. The molecule has 0 fully saturated rings. The molecule has 0 rings (SSSR count). The van der Waals surface area contributed by atoms with E-state index in [1.807, 2.05) is 5.32 Å². The largest absolute Gasteiger partial charge is 0.451 e. The van der Waals surface area contributed by atoms with Gasteiger partial charge in [-0.3, -0.25) is 4.72 Å². The predicted octanol–water partition coefficient (Wildman–Crippen LogP) is 2.80. The number of nitrogens with one attached hydrogen (secondary N) is 2. The van der Waals surface area contributed by atoms with E-state index in [9.17, 15) is 14.4 Å². The van der Waals surface area contributed by atoms with Gasteiger partial charge in [0.1, 0.15) is 11.2 Å². The molecule has 0 bridgehead atoms. The van der Waals surface area contributed by atoms with E-state index in [1.54, 1.807) is 41.5 Å². The van der Waals surface area contributed by atoms with Crippen LogP contribution in [0.15, 0.2) is 0 Å². The van der Waals surface area contributed by atoms with Gasteiger partial charge in [-0.2, -0.15) is 0 Å². The van der Waals surface area contributed by atoms with Crippen molar-refractivity contribution in [3.63, 3.8) is 0 Å². The molecule has 8 heteroatoms. The number of alkyl carbamates (subject to hydrolysis) is 1. The van der Waals surface area contributed by atoms with Gasteiger partial charge in [-0.25, -0.2) is 19.7 Å². The van der Waals surface area contributed by atoms with E-state index in [0.29, 0.717) is 11.9 Å². The highest BCUT2D eigenvalue weighted by Crippen LogP contribution is 2.12. The fraction of sp³-hybridized carbons (Fsp3) is 0.727. The fourth-order valence-corrected chi connectivity index (χ4v) is 1.30. The Morgan fingerprint density at radius 1 is 0.895 bits per heavy atom. The highest BCUT2D eigenvalue weighted by Gasteiger charge is 2.20. The molecule has 110 valence electrons. The Balaban J connectivity index is 4.00. The summed E-state index contributed by atoms with van der Waals surface area (Å²) in [4.78, 5) is 33.7. The number of rotatable bonds is 0. The van der Waals surface area contributed by atoms with E-state index in [2.05, 4.69) is 4.72 Å². The molecule has 0 aromatic carbocycles. The average molecular weight is 292 g/mol. The first kappa shape index (κ1) is 17.6. The fourth-order valence-electron chi connectivity index (χ4n) is 0.781. The van der Waals surface area contributed by atoms with Crippen LogP contribution in [0.4, 0.5) is 14.4 Å². The van der Waals surface area contributed by atoms with Crippen LogP contribution in [0.1, 0.15) is 41.5 Å². The highest BCUT2D eigenvalue weighted by atomic mass is 32.2. The van der Waals surface area contributed by atoms with Gasteiger partial charge in [0.15, 0.2) is 0 Å². The molecular weight excluding hydrogens is 272 g/mol. The SMILES string of the molecule is CC(C)(C)OC(=O)NC(=O)NSC(=O)OC(C)(C)C. The minimum absolute atomic E-state index is 0.440. The molecule has 0 aliphatic carbocycles. The first-order valence-electron chi connectivity index (χ1n) is 5.59. The van der Waals surface area contributed by atoms with Crippen LogP contribution >= 0.6 is 11.9 Å². The summed E-state index contributed by atoms with van der Waals surface area (Å²) in [7, 11) is 0. The molecule has 0 aromatic heterocycles. The summed E-state index contributed by atoms with van der Waals surface area (Å²) in [5.41, 5.74) is -1.35. The number of hydrogen-bond acceptors (Lipinski definition) is 6. The number of carbonyl (C=O) groups is 3. The molecule has 3 amide bonds. The van der Waals surface area contributed by atoms with Gasteiger partial charge in [0.2, 0.25) is 0 Å². The Bertz CT molecular complexity index is 357. The summed E-state index contributed by atoms with van der Waals surface area (Å²) in [6.07, 6.45) is -0.894. The molecule has 0 radical (unpaired) electrons. The van der Waals surface area contributed by atoms with Crippen LogP contribution < -0.4 is 10.0 Å². The maximum Gasteiger partial charge on any atom is 0.415 e. The normalized spacial score (nSPS) is 11.5. The number of carbonyl (C=O) groups excluding carboxylic acids is 3.